The lowest BCUT2D eigenvalue weighted by molar-refractivity contribution is 0.441. The number of hydrogen-bond acceptors (Lipinski definition) is 3. The Hall–Kier alpha value is -1.56. The predicted octanol–water partition coefficient (Wildman–Crippen LogP) is 4.73. The Morgan fingerprint density at radius 3 is 2.35 bits per heavy atom. The molecule has 0 aliphatic rings. The Labute approximate surface area is 140 Å². The van der Waals surface area contributed by atoms with Gasteiger partial charge in [0.2, 0.25) is 0 Å². The van der Waals surface area contributed by atoms with Crippen LogP contribution in [-0.4, -0.2) is 9.30 Å². The first-order valence-electron chi connectivity index (χ1n) is 7.48. The fraction of sp³-hybridized carbons (Fsp3) is 0.333. The average molecular weight is 335 g/mol. The summed E-state index contributed by atoms with van der Waals surface area (Å²) in [6, 6.07) is 13.6. The van der Waals surface area contributed by atoms with Crippen LogP contribution < -0.4 is 9.46 Å². The fourth-order valence-corrected chi connectivity index (χ4v) is 2.70. The molecule has 3 nitrogen and oxygen atoms in total. The molecule has 2 rings (SSSR count). The van der Waals surface area contributed by atoms with Gasteiger partial charge in [0.15, 0.2) is 11.6 Å². The van der Waals surface area contributed by atoms with Crippen LogP contribution in [0.2, 0.25) is 0 Å². The Morgan fingerprint density at radius 1 is 1.13 bits per heavy atom. The van der Waals surface area contributed by atoms with Crippen molar-refractivity contribution in [3.63, 3.8) is 0 Å². The molecule has 23 heavy (non-hydrogen) atoms. The molecule has 0 saturated heterocycles. The molecule has 0 spiro atoms. The van der Waals surface area contributed by atoms with Gasteiger partial charge in [0.1, 0.15) is 10.5 Å². The molecular weight excluding hydrogens is 313 g/mol. The van der Waals surface area contributed by atoms with Crippen molar-refractivity contribution in [3.8, 4) is 11.5 Å². The van der Waals surface area contributed by atoms with Gasteiger partial charge in [-0.3, -0.25) is 0 Å². The van der Waals surface area contributed by atoms with Gasteiger partial charge < -0.3 is 9.29 Å². The number of ether oxygens (including phenoxy) is 1. The summed E-state index contributed by atoms with van der Waals surface area (Å²) >= 11 is -1.22. The number of halogens is 1. The van der Waals surface area contributed by atoms with Crippen molar-refractivity contribution in [2.24, 2.45) is 0 Å². The zero-order valence-corrected chi connectivity index (χ0v) is 14.6. The van der Waals surface area contributed by atoms with Gasteiger partial charge >= 0.3 is 0 Å². The lowest BCUT2D eigenvalue weighted by atomic mass is 10.1. The van der Waals surface area contributed by atoms with E-state index in [0.717, 1.165) is 5.56 Å². The fourth-order valence-electron chi connectivity index (χ4n) is 1.89. The lowest BCUT2D eigenvalue weighted by Gasteiger charge is -2.26. The second-order valence-electron chi connectivity index (χ2n) is 6.33. The van der Waals surface area contributed by atoms with Gasteiger partial charge in [0, 0.05) is 11.4 Å². The molecule has 0 amide bonds. The Morgan fingerprint density at radius 2 is 1.78 bits per heavy atom. The normalized spacial score (nSPS) is 14.3. The maximum atomic E-state index is 14.2. The van der Waals surface area contributed by atoms with Crippen LogP contribution in [0.5, 0.6) is 11.5 Å². The van der Waals surface area contributed by atoms with E-state index in [-0.39, 0.29) is 16.5 Å². The van der Waals surface area contributed by atoms with Crippen molar-refractivity contribution in [2.45, 2.75) is 38.5 Å². The molecule has 2 aromatic rings. The van der Waals surface area contributed by atoms with Crippen molar-refractivity contribution in [1.82, 2.24) is 4.72 Å². The number of para-hydroxylation sites is 1. The minimum atomic E-state index is -1.22. The summed E-state index contributed by atoms with van der Waals surface area (Å²) in [5.74, 6) is 0.310. The molecule has 0 aliphatic carbocycles. The van der Waals surface area contributed by atoms with Gasteiger partial charge in [-0.15, -0.1) is 4.72 Å². The van der Waals surface area contributed by atoms with Crippen LogP contribution in [-0.2, 0) is 11.4 Å². The van der Waals surface area contributed by atoms with E-state index in [1.54, 1.807) is 24.3 Å². The Kier molecular flexibility index (Phi) is 5.68. The molecule has 1 N–H and O–H groups in total. The maximum Gasteiger partial charge on any atom is 0.166 e. The minimum absolute atomic E-state index is 0.170. The standard InChI is InChI=1S/C18H22FNO2S/c1-13(20-23(21)18(2,3)4)14-10-11-17(16(19)12-14)22-15-8-6-5-7-9-15/h5-13,20H,1-4H3. The quantitative estimate of drug-likeness (QED) is 0.803. The van der Waals surface area contributed by atoms with Crippen LogP contribution in [0.1, 0.15) is 39.3 Å². The Balaban J connectivity index is 2.09. The highest BCUT2D eigenvalue weighted by molar-refractivity contribution is 7.90. The van der Waals surface area contributed by atoms with E-state index in [2.05, 4.69) is 4.72 Å². The van der Waals surface area contributed by atoms with Crippen LogP contribution in [0.4, 0.5) is 4.39 Å². The molecule has 0 radical (unpaired) electrons. The SMILES string of the molecule is CC(N[S+]([O-])C(C)(C)C)c1ccc(Oc2ccccc2)c(F)c1. The molecule has 0 heterocycles. The van der Waals surface area contributed by atoms with Gasteiger partial charge in [0.05, 0.1) is 6.04 Å². The van der Waals surface area contributed by atoms with Crippen molar-refractivity contribution in [3.05, 3.63) is 59.9 Å². The third kappa shape index (κ3) is 4.96. The zero-order valence-electron chi connectivity index (χ0n) is 13.8. The summed E-state index contributed by atoms with van der Waals surface area (Å²) in [6.07, 6.45) is 0. The van der Waals surface area contributed by atoms with Gasteiger partial charge in [-0.25, -0.2) is 4.39 Å². The maximum absolute atomic E-state index is 14.2. The highest BCUT2D eigenvalue weighted by Crippen LogP contribution is 2.27. The third-order valence-corrected chi connectivity index (χ3v) is 4.95. The van der Waals surface area contributed by atoms with Crippen LogP contribution in [0.3, 0.4) is 0 Å². The molecule has 0 aliphatic heterocycles. The molecular formula is C18H22FNO2S. The molecule has 0 bridgehead atoms. The average Bonchev–Trinajstić information content (AvgIpc) is 2.49. The summed E-state index contributed by atoms with van der Waals surface area (Å²) in [5, 5.41) is 0. The molecule has 2 unspecified atom stereocenters. The third-order valence-electron chi connectivity index (χ3n) is 3.27. The van der Waals surface area contributed by atoms with Gasteiger partial charge in [-0.1, -0.05) is 24.3 Å². The first-order chi connectivity index (χ1) is 10.8. The zero-order chi connectivity index (χ0) is 17.0. The summed E-state index contributed by atoms with van der Waals surface area (Å²) in [5.41, 5.74) is 0.723. The van der Waals surface area contributed by atoms with Crippen LogP contribution >= 0.6 is 0 Å². The first-order valence-corrected chi connectivity index (χ1v) is 8.63. The van der Waals surface area contributed by atoms with E-state index in [0.29, 0.717) is 5.75 Å². The number of hydrogen-bond donors (Lipinski definition) is 1. The largest absolute Gasteiger partial charge is 0.598 e. The van der Waals surface area contributed by atoms with E-state index < -0.39 is 17.2 Å². The minimum Gasteiger partial charge on any atom is -0.598 e. The second-order valence-corrected chi connectivity index (χ2v) is 8.32. The Bertz CT molecular complexity index is 643. The van der Waals surface area contributed by atoms with E-state index in [1.165, 1.54) is 6.07 Å². The first kappa shape index (κ1) is 17.8. The number of nitrogens with one attached hydrogen (secondary N) is 1. The van der Waals surface area contributed by atoms with E-state index in [9.17, 15) is 8.94 Å². The van der Waals surface area contributed by atoms with Crippen LogP contribution in [0.15, 0.2) is 48.5 Å². The summed E-state index contributed by atoms with van der Waals surface area (Å²) in [4.78, 5) is 0. The van der Waals surface area contributed by atoms with Crippen LogP contribution in [0, 0.1) is 5.82 Å². The van der Waals surface area contributed by atoms with E-state index >= 15 is 0 Å². The van der Waals surface area contributed by atoms with E-state index in [1.807, 2.05) is 45.9 Å². The van der Waals surface area contributed by atoms with Crippen molar-refractivity contribution in [1.29, 1.82) is 0 Å². The molecule has 2 aromatic carbocycles. The van der Waals surface area contributed by atoms with Crippen molar-refractivity contribution in [2.75, 3.05) is 0 Å². The molecule has 124 valence electrons. The summed E-state index contributed by atoms with van der Waals surface area (Å²) in [7, 11) is 0. The molecule has 0 fully saturated rings. The summed E-state index contributed by atoms with van der Waals surface area (Å²) < 4.78 is 34.5. The van der Waals surface area contributed by atoms with Gasteiger partial charge in [-0.2, -0.15) is 0 Å². The summed E-state index contributed by atoms with van der Waals surface area (Å²) in [6.45, 7) is 7.52. The number of benzene rings is 2. The second kappa shape index (κ2) is 7.34. The highest BCUT2D eigenvalue weighted by atomic mass is 32.2. The molecule has 2 atom stereocenters. The molecule has 0 aromatic heterocycles. The van der Waals surface area contributed by atoms with Crippen molar-refractivity contribution < 1.29 is 13.7 Å². The predicted molar refractivity (Wildman–Crippen MR) is 92.4 cm³/mol. The van der Waals surface area contributed by atoms with Crippen LogP contribution in [0.25, 0.3) is 0 Å². The smallest absolute Gasteiger partial charge is 0.166 e. The monoisotopic (exact) mass is 335 g/mol. The molecule has 0 saturated carbocycles. The van der Waals surface area contributed by atoms with Gasteiger partial charge in [0.25, 0.3) is 0 Å². The van der Waals surface area contributed by atoms with Gasteiger partial charge in [-0.05, 0) is 57.5 Å². The topological polar surface area (TPSA) is 44.3 Å². The number of rotatable bonds is 5. The highest BCUT2D eigenvalue weighted by Gasteiger charge is 2.28. The molecule has 5 heteroatoms. The van der Waals surface area contributed by atoms with Crippen molar-refractivity contribution >= 4 is 11.4 Å². The lowest BCUT2D eigenvalue weighted by Crippen LogP contribution is -2.40. The van der Waals surface area contributed by atoms with E-state index in [4.69, 9.17) is 4.74 Å².